The highest BCUT2D eigenvalue weighted by atomic mass is 32.2. The van der Waals surface area contributed by atoms with E-state index in [9.17, 15) is 26.8 Å². The van der Waals surface area contributed by atoms with E-state index in [0.717, 1.165) is 6.92 Å². The zero-order chi connectivity index (χ0) is 15.4. The van der Waals surface area contributed by atoms with Crippen LogP contribution in [0.3, 0.4) is 0 Å². The Morgan fingerprint density at radius 3 is 2.26 bits per heavy atom. The molecule has 1 N–H and O–H groups in total. The fraction of sp³-hybridized carbons (Fsp3) is 0.556. The fourth-order valence-corrected chi connectivity index (χ4v) is 0.864. The van der Waals surface area contributed by atoms with Gasteiger partial charge in [-0.3, -0.25) is 4.55 Å². The summed E-state index contributed by atoms with van der Waals surface area (Å²) in [5.74, 6) is -2.33. The molecule has 0 heterocycles. The monoisotopic (exact) mass is 302 g/mol. The summed E-state index contributed by atoms with van der Waals surface area (Å²) in [5.41, 5.74) is -0.0251. The fourth-order valence-electron chi connectivity index (χ4n) is 0.656. The Bertz CT molecular complexity index is 483. The molecule has 0 saturated heterocycles. The molecule has 0 rings (SSSR count). The molecule has 0 amide bonds. The molecule has 1 unspecified atom stereocenters. The van der Waals surface area contributed by atoms with Gasteiger partial charge in [0, 0.05) is 5.57 Å². The third-order valence-corrected chi connectivity index (χ3v) is 2.60. The quantitative estimate of drug-likeness (QED) is 0.433. The van der Waals surface area contributed by atoms with Crippen molar-refractivity contribution in [3.63, 3.8) is 0 Å². The molecule has 0 aliphatic heterocycles. The van der Waals surface area contributed by atoms with Gasteiger partial charge in [0.15, 0.2) is 12.7 Å². The van der Waals surface area contributed by atoms with E-state index in [0.29, 0.717) is 0 Å². The smallest absolute Gasteiger partial charge is 0.402 e. The molecule has 0 aliphatic carbocycles. The second kappa shape index (κ2) is 6.06. The molecule has 1 atom stereocenters. The molecule has 10 heteroatoms. The van der Waals surface area contributed by atoms with Crippen LogP contribution in [-0.2, 0) is 29.2 Å². The molecule has 7 nitrogen and oxygen atoms in total. The summed E-state index contributed by atoms with van der Waals surface area (Å²) < 4.78 is 62.4. The van der Waals surface area contributed by atoms with Crippen LogP contribution < -0.4 is 0 Å². The molecule has 0 aromatic heterocycles. The molecular weight excluding hydrogens is 290 g/mol. The Hall–Kier alpha value is -1.55. The summed E-state index contributed by atoms with van der Waals surface area (Å²) in [5, 5.41) is -4.64. The van der Waals surface area contributed by atoms with Crippen molar-refractivity contribution in [2.24, 2.45) is 0 Å². The number of halogens is 2. The van der Waals surface area contributed by atoms with Crippen LogP contribution in [0, 0.1) is 0 Å². The zero-order valence-corrected chi connectivity index (χ0v) is 10.9. The summed E-state index contributed by atoms with van der Waals surface area (Å²) in [4.78, 5) is 22.1. The van der Waals surface area contributed by atoms with Crippen LogP contribution in [0.4, 0.5) is 8.78 Å². The highest BCUT2D eigenvalue weighted by Gasteiger charge is 2.46. The van der Waals surface area contributed by atoms with Gasteiger partial charge in [-0.05, 0) is 13.8 Å². The van der Waals surface area contributed by atoms with Crippen molar-refractivity contribution in [3.8, 4) is 0 Å². The van der Waals surface area contributed by atoms with Crippen molar-refractivity contribution < 1.29 is 40.8 Å². The van der Waals surface area contributed by atoms with Crippen molar-refractivity contribution in [3.05, 3.63) is 12.2 Å². The van der Waals surface area contributed by atoms with E-state index >= 15 is 0 Å². The van der Waals surface area contributed by atoms with Crippen LogP contribution in [-0.4, -0.2) is 42.9 Å². The topological polar surface area (TPSA) is 107 Å². The first-order chi connectivity index (χ1) is 8.38. The predicted molar refractivity (Wildman–Crippen MR) is 57.8 cm³/mol. The third-order valence-electron chi connectivity index (χ3n) is 1.72. The number of ether oxygens (including phenoxy) is 2. The van der Waals surface area contributed by atoms with Crippen molar-refractivity contribution in [2.75, 3.05) is 6.61 Å². The normalized spacial score (nSPS) is 13.5. The highest BCUT2D eigenvalue weighted by Crippen LogP contribution is 2.20. The number of hydrogen-bond donors (Lipinski definition) is 1. The van der Waals surface area contributed by atoms with Crippen LogP contribution >= 0.6 is 0 Å². The minimum atomic E-state index is -5.69. The molecule has 0 spiro atoms. The first-order valence-electron chi connectivity index (χ1n) is 4.76. The minimum Gasteiger partial charge on any atom is -0.455 e. The number of carbonyl (C=O) groups excluding carboxylic acids is 2. The lowest BCUT2D eigenvalue weighted by Gasteiger charge is -2.16. The Balaban J connectivity index is 4.49. The van der Waals surface area contributed by atoms with Gasteiger partial charge < -0.3 is 9.47 Å². The highest BCUT2D eigenvalue weighted by molar-refractivity contribution is 7.86. The molecule has 0 aliphatic rings. The van der Waals surface area contributed by atoms with E-state index in [2.05, 4.69) is 16.1 Å². The lowest BCUT2D eigenvalue weighted by molar-refractivity contribution is -0.168. The van der Waals surface area contributed by atoms with Gasteiger partial charge in [-0.15, -0.1) is 0 Å². The Labute approximate surface area is 107 Å². The van der Waals surface area contributed by atoms with Gasteiger partial charge in [-0.2, -0.15) is 17.2 Å². The van der Waals surface area contributed by atoms with E-state index < -0.39 is 40.0 Å². The summed E-state index contributed by atoms with van der Waals surface area (Å²) in [6, 6.07) is 0. The number of hydrogen-bond acceptors (Lipinski definition) is 6. The number of carbonyl (C=O) groups is 2. The number of rotatable bonds is 6. The predicted octanol–water partition coefficient (Wildman–Crippen LogP) is 0.518. The average molecular weight is 302 g/mol. The van der Waals surface area contributed by atoms with Crippen LogP contribution in [0.2, 0.25) is 0 Å². The number of alkyl halides is 2. The SMILES string of the molecule is C=C(C)C(=O)OC(C)C(=O)OCC(F)(F)S(=O)(=O)O. The third kappa shape index (κ3) is 5.30. The first kappa shape index (κ1) is 17.4. The molecule has 0 saturated carbocycles. The van der Waals surface area contributed by atoms with Gasteiger partial charge in [-0.1, -0.05) is 6.58 Å². The largest absolute Gasteiger partial charge is 0.455 e. The van der Waals surface area contributed by atoms with Crippen molar-refractivity contribution in [1.82, 2.24) is 0 Å². The van der Waals surface area contributed by atoms with Gasteiger partial charge in [0.25, 0.3) is 0 Å². The maximum Gasteiger partial charge on any atom is 0.402 e. The molecule has 110 valence electrons. The first-order valence-corrected chi connectivity index (χ1v) is 6.20. The van der Waals surface area contributed by atoms with Crippen LogP contribution in [0.5, 0.6) is 0 Å². The zero-order valence-electron chi connectivity index (χ0n) is 10.1. The summed E-state index contributed by atoms with van der Waals surface area (Å²) in [7, 11) is -5.69. The molecule has 0 bridgehead atoms. The van der Waals surface area contributed by atoms with E-state index in [1.165, 1.54) is 6.92 Å². The molecular formula is C9H12F2O7S. The van der Waals surface area contributed by atoms with E-state index in [1.807, 2.05) is 0 Å². The maximum atomic E-state index is 12.7. The van der Waals surface area contributed by atoms with E-state index in [-0.39, 0.29) is 5.57 Å². The van der Waals surface area contributed by atoms with Crippen LogP contribution in [0.1, 0.15) is 13.8 Å². The van der Waals surface area contributed by atoms with Gasteiger partial charge in [0.2, 0.25) is 0 Å². The second-order valence-corrected chi connectivity index (χ2v) is 5.10. The Morgan fingerprint density at radius 1 is 1.42 bits per heavy atom. The van der Waals surface area contributed by atoms with E-state index in [1.54, 1.807) is 0 Å². The van der Waals surface area contributed by atoms with Gasteiger partial charge in [0.05, 0.1) is 0 Å². The van der Waals surface area contributed by atoms with E-state index in [4.69, 9.17) is 4.55 Å². The van der Waals surface area contributed by atoms with Crippen molar-refractivity contribution in [1.29, 1.82) is 0 Å². The number of esters is 2. The van der Waals surface area contributed by atoms with Crippen LogP contribution in [0.25, 0.3) is 0 Å². The summed E-state index contributed by atoms with van der Waals surface area (Å²) in [6.07, 6.45) is -1.53. The standard InChI is InChI=1S/C9H12F2O7S/c1-5(2)7(12)18-6(3)8(13)17-4-9(10,11)19(14,15)16/h6H,1,4H2,2-3H3,(H,14,15,16). The Morgan fingerprint density at radius 2 is 1.89 bits per heavy atom. The maximum absolute atomic E-state index is 12.7. The molecule has 19 heavy (non-hydrogen) atoms. The van der Waals surface area contributed by atoms with Gasteiger partial charge in [-0.25, -0.2) is 9.59 Å². The van der Waals surface area contributed by atoms with Crippen LogP contribution in [0.15, 0.2) is 12.2 Å². The molecule has 0 aromatic carbocycles. The molecule has 0 fully saturated rings. The molecule has 0 radical (unpaired) electrons. The van der Waals surface area contributed by atoms with Crippen molar-refractivity contribution >= 4 is 22.1 Å². The lowest BCUT2D eigenvalue weighted by Crippen LogP contribution is -2.37. The summed E-state index contributed by atoms with van der Waals surface area (Å²) in [6.45, 7) is 3.67. The second-order valence-electron chi connectivity index (χ2n) is 3.55. The Kier molecular flexibility index (Phi) is 5.57. The molecule has 0 aromatic rings. The summed E-state index contributed by atoms with van der Waals surface area (Å²) >= 11 is 0. The average Bonchev–Trinajstić information content (AvgIpc) is 2.23. The minimum absolute atomic E-state index is 0.0251. The lowest BCUT2D eigenvalue weighted by atomic mass is 10.3. The van der Waals surface area contributed by atoms with Gasteiger partial charge in [0.1, 0.15) is 0 Å². The van der Waals surface area contributed by atoms with Gasteiger partial charge >= 0.3 is 27.3 Å². The van der Waals surface area contributed by atoms with Crippen molar-refractivity contribution in [2.45, 2.75) is 25.2 Å².